The van der Waals surface area contributed by atoms with Crippen LogP contribution in [0.25, 0.3) is 54.8 Å². The van der Waals surface area contributed by atoms with Gasteiger partial charge in [0.15, 0.2) is 5.65 Å². The first-order valence-corrected chi connectivity index (χ1v) is 20.2. The van der Waals surface area contributed by atoms with Crippen molar-refractivity contribution in [2.75, 3.05) is 7.05 Å². The Balaban J connectivity index is 0.000000115. The van der Waals surface area contributed by atoms with Gasteiger partial charge < -0.3 is 5.32 Å². The number of halogens is 1. The number of aryl methyl sites for hydroxylation is 3. The minimum Gasteiger partial charge on any atom is -0.354 e. The molecule has 11 aromatic rings. The zero-order valence-electron chi connectivity index (χ0n) is 35.5. The number of hydrogen-bond donors (Lipinski definition) is 3. The van der Waals surface area contributed by atoms with Crippen molar-refractivity contribution in [3.05, 3.63) is 180 Å². The number of carbonyl (C=O) groups excluding carboxylic acids is 1. The van der Waals surface area contributed by atoms with Crippen LogP contribution in [0.5, 0.6) is 0 Å². The number of rotatable bonds is 2. The standard InChI is InChI=1S/C10H10N2.C8H5FN2.C8H8N2O.2C7H7N3.C7H8N2O/c1-2-4-10-8(3-1)7-11-12(10)9-5-6-9;9-7-1-2-8-6(3-7)4-10-5-11-8;1-10-7-5-3-2-4-6(7)8(11)9-10;1-10-8-6-4-2-3-5-7(6)9-10;1-5-6-3-2-4-8-7(6)10-9-5;1-8-7(10)6-4-2-3-5-9-6/h1-4,7,9H,5-6H2;1-5H;2-5H,1H3,(H,9,11);2-5H,1H3;2-4H,1H3,(H,8,9,10);2-5H,1H3,(H,8,10). The molecule has 3 N–H and O–H groups in total. The molecule has 17 heteroatoms. The summed E-state index contributed by atoms with van der Waals surface area (Å²) in [4.78, 5) is 39.2. The first-order valence-electron chi connectivity index (χ1n) is 20.2. The van der Waals surface area contributed by atoms with Crippen molar-refractivity contribution in [2.24, 2.45) is 14.1 Å². The number of benzene rings is 4. The molecule has 7 heterocycles. The van der Waals surface area contributed by atoms with Crippen LogP contribution in [0.4, 0.5) is 4.39 Å². The molecule has 0 saturated heterocycles. The second-order valence-electron chi connectivity index (χ2n) is 14.3. The lowest BCUT2D eigenvalue weighted by molar-refractivity contribution is 0.0958. The van der Waals surface area contributed by atoms with E-state index in [1.807, 2.05) is 87.9 Å². The van der Waals surface area contributed by atoms with Gasteiger partial charge in [-0.15, -0.1) is 0 Å². The third kappa shape index (κ3) is 11.3. The molecular formula is C47H45FN14O2. The fourth-order valence-corrected chi connectivity index (χ4v) is 6.36. The lowest BCUT2D eigenvalue weighted by Crippen LogP contribution is -2.18. The minimum atomic E-state index is -0.257. The number of nitrogens with zero attached hydrogens (tertiary/aromatic N) is 11. The Hall–Kier alpha value is -8.47. The summed E-state index contributed by atoms with van der Waals surface area (Å²) in [5.74, 6) is -0.409. The highest BCUT2D eigenvalue weighted by molar-refractivity contribution is 5.91. The van der Waals surface area contributed by atoms with E-state index < -0.39 is 0 Å². The molecule has 0 radical (unpaired) electrons. The first kappa shape index (κ1) is 43.6. The number of para-hydroxylation sites is 2. The van der Waals surface area contributed by atoms with Gasteiger partial charge in [-0.3, -0.25) is 34.1 Å². The molecule has 0 atom stereocenters. The van der Waals surface area contributed by atoms with E-state index in [4.69, 9.17) is 0 Å². The molecule has 12 rings (SSSR count). The van der Waals surface area contributed by atoms with Crippen molar-refractivity contribution in [3.8, 4) is 0 Å². The summed E-state index contributed by atoms with van der Waals surface area (Å²) in [7, 11) is 5.22. The number of aromatic amines is 2. The third-order valence-corrected chi connectivity index (χ3v) is 9.67. The quantitative estimate of drug-likeness (QED) is 0.155. The molecule has 16 nitrogen and oxygen atoms in total. The highest BCUT2D eigenvalue weighted by Gasteiger charge is 2.25. The van der Waals surface area contributed by atoms with E-state index in [2.05, 4.69) is 84.8 Å². The highest BCUT2D eigenvalue weighted by atomic mass is 19.1. The van der Waals surface area contributed by atoms with Gasteiger partial charge in [-0.05, 0) is 92.6 Å². The van der Waals surface area contributed by atoms with Crippen molar-refractivity contribution in [1.29, 1.82) is 0 Å². The van der Waals surface area contributed by atoms with Crippen LogP contribution in [-0.4, -0.2) is 77.6 Å². The van der Waals surface area contributed by atoms with E-state index in [9.17, 15) is 14.0 Å². The van der Waals surface area contributed by atoms with Crippen molar-refractivity contribution >= 4 is 60.7 Å². The van der Waals surface area contributed by atoms with Crippen LogP contribution in [-0.2, 0) is 14.1 Å². The molecular weight excluding hydrogens is 812 g/mol. The van der Waals surface area contributed by atoms with Gasteiger partial charge in [0.2, 0.25) is 0 Å². The summed E-state index contributed by atoms with van der Waals surface area (Å²) in [6.07, 6.45) is 10.9. The Morgan fingerprint density at radius 2 is 1.42 bits per heavy atom. The zero-order valence-corrected chi connectivity index (χ0v) is 35.5. The molecule has 0 aliphatic heterocycles. The summed E-state index contributed by atoms with van der Waals surface area (Å²) < 4.78 is 16.4. The van der Waals surface area contributed by atoms with Crippen LogP contribution >= 0.6 is 0 Å². The van der Waals surface area contributed by atoms with E-state index in [1.54, 1.807) is 59.4 Å². The zero-order chi connectivity index (χ0) is 44.8. The lowest BCUT2D eigenvalue weighted by Gasteiger charge is -1.98. The van der Waals surface area contributed by atoms with Gasteiger partial charge in [-0.2, -0.15) is 25.2 Å². The lowest BCUT2D eigenvalue weighted by atomic mass is 10.2. The van der Waals surface area contributed by atoms with Crippen molar-refractivity contribution in [2.45, 2.75) is 25.8 Å². The van der Waals surface area contributed by atoms with Crippen LogP contribution in [0.15, 0.2) is 157 Å². The normalized spacial score (nSPS) is 11.5. The molecule has 0 unspecified atom stereocenters. The van der Waals surface area contributed by atoms with Gasteiger partial charge in [-0.25, -0.2) is 19.3 Å². The van der Waals surface area contributed by atoms with Crippen molar-refractivity contribution < 1.29 is 9.18 Å². The Morgan fingerprint density at radius 1 is 0.734 bits per heavy atom. The molecule has 1 amide bonds. The second-order valence-corrected chi connectivity index (χ2v) is 14.3. The van der Waals surface area contributed by atoms with Crippen LogP contribution in [0.1, 0.15) is 35.1 Å². The van der Waals surface area contributed by atoms with Crippen molar-refractivity contribution in [1.82, 2.24) is 70.0 Å². The van der Waals surface area contributed by atoms with E-state index in [0.29, 0.717) is 11.7 Å². The second kappa shape index (κ2) is 20.9. The monoisotopic (exact) mass is 856 g/mol. The number of amides is 1. The number of fused-ring (bicyclic) bond motifs is 5. The molecule has 1 saturated carbocycles. The maximum Gasteiger partial charge on any atom is 0.271 e. The van der Waals surface area contributed by atoms with E-state index in [0.717, 1.165) is 49.6 Å². The summed E-state index contributed by atoms with van der Waals surface area (Å²) in [6.45, 7) is 1.98. The maximum absolute atomic E-state index is 12.6. The molecule has 1 aliphatic rings. The number of H-pyrrole nitrogens is 2. The summed E-state index contributed by atoms with van der Waals surface area (Å²) in [5.41, 5.74) is 7.17. The van der Waals surface area contributed by atoms with E-state index >= 15 is 0 Å². The molecule has 64 heavy (non-hydrogen) atoms. The van der Waals surface area contributed by atoms with Crippen LogP contribution < -0.4 is 10.9 Å². The molecule has 1 aliphatic carbocycles. The molecule has 0 spiro atoms. The molecule has 4 aromatic carbocycles. The Morgan fingerprint density at radius 3 is 2.12 bits per heavy atom. The number of hydrogen-bond acceptors (Lipinski definition) is 10. The Bertz CT molecular complexity index is 3260. The van der Waals surface area contributed by atoms with Gasteiger partial charge in [0.05, 0.1) is 34.2 Å². The third-order valence-electron chi connectivity index (χ3n) is 9.67. The molecule has 322 valence electrons. The Labute approximate surface area is 365 Å². The van der Waals surface area contributed by atoms with Crippen LogP contribution in [0, 0.1) is 12.7 Å². The molecule has 0 bridgehead atoms. The van der Waals surface area contributed by atoms with Gasteiger partial charge >= 0.3 is 0 Å². The van der Waals surface area contributed by atoms with Crippen molar-refractivity contribution in [3.63, 3.8) is 0 Å². The number of aromatic nitrogens is 13. The summed E-state index contributed by atoms with van der Waals surface area (Å²) in [6, 6.07) is 37.9. The number of carbonyl (C=O) groups is 1. The SMILES string of the molecule is CNC(=O)c1ccccn1.Cc1[nH]nc2ncccc12.Cn1[nH]c(=O)c2ccccc21.Cn1nc2ccccc2n1.Fc1ccc2ncncc2c1.c1ccc2c(c1)cnn2C1CC1. The average molecular weight is 857 g/mol. The van der Waals surface area contributed by atoms with E-state index in [1.165, 1.54) is 42.2 Å². The average Bonchev–Trinajstić information content (AvgIpc) is 3.63. The minimum absolute atomic E-state index is 0.0249. The number of nitrogens with one attached hydrogen (secondary N) is 3. The van der Waals surface area contributed by atoms with Gasteiger partial charge in [0.25, 0.3) is 11.5 Å². The first-order chi connectivity index (χ1) is 31.2. The largest absolute Gasteiger partial charge is 0.354 e. The molecule has 1 fully saturated rings. The fourth-order valence-electron chi connectivity index (χ4n) is 6.36. The topological polar surface area (TPSA) is 196 Å². The fraction of sp³-hybridized carbons (Fsp3) is 0.149. The van der Waals surface area contributed by atoms with Gasteiger partial charge in [0, 0.05) is 61.6 Å². The molecule has 7 aromatic heterocycles. The number of pyridine rings is 2. The summed E-state index contributed by atoms with van der Waals surface area (Å²) >= 11 is 0. The highest BCUT2D eigenvalue weighted by Crippen LogP contribution is 2.36. The Kier molecular flexibility index (Phi) is 14.2. The predicted octanol–water partition coefficient (Wildman–Crippen LogP) is 7.68. The smallest absolute Gasteiger partial charge is 0.271 e. The van der Waals surface area contributed by atoms with Crippen LogP contribution in [0.2, 0.25) is 0 Å². The van der Waals surface area contributed by atoms with Gasteiger partial charge in [-0.1, -0.05) is 48.5 Å². The predicted molar refractivity (Wildman–Crippen MR) is 246 cm³/mol. The van der Waals surface area contributed by atoms with Gasteiger partial charge in [0.1, 0.15) is 28.9 Å². The van der Waals surface area contributed by atoms with E-state index in [-0.39, 0.29) is 17.3 Å². The summed E-state index contributed by atoms with van der Waals surface area (Å²) in [5, 5.41) is 28.4. The maximum atomic E-state index is 12.6. The van der Waals surface area contributed by atoms with Crippen LogP contribution in [0.3, 0.4) is 0 Å².